The normalized spacial score (nSPS) is 12.6. The van der Waals surface area contributed by atoms with Crippen LogP contribution in [0.3, 0.4) is 0 Å². The molecular weight excluding hydrogens is 450 g/mol. The Hall–Kier alpha value is -2.96. The van der Waals surface area contributed by atoms with Gasteiger partial charge in [-0.05, 0) is 0 Å². The summed E-state index contributed by atoms with van der Waals surface area (Å²) in [5.41, 5.74) is 2.75. The molecule has 3 heteroatoms. The Kier molecular flexibility index (Phi) is 8.04. The molecule has 4 aromatic carbocycles. The van der Waals surface area contributed by atoms with Gasteiger partial charge in [-0.15, -0.1) is 0 Å². The quantitative estimate of drug-likeness (QED) is 0.207. The monoisotopic (exact) mass is 486 g/mol. The first kappa shape index (κ1) is 25.1. The van der Waals surface area contributed by atoms with Crippen molar-refractivity contribution in [3.63, 3.8) is 0 Å². The van der Waals surface area contributed by atoms with Crippen LogP contribution in [0.4, 0.5) is 4.39 Å². The molecule has 0 fully saturated rings. The molecule has 4 aromatic rings. The van der Waals surface area contributed by atoms with Gasteiger partial charge in [0.15, 0.2) is 0 Å². The summed E-state index contributed by atoms with van der Waals surface area (Å²) in [5.74, 6) is 0.706. The van der Waals surface area contributed by atoms with Crippen molar-refractivity contribution in [1.82, 2.24) is 0 Å². The number of ether oxygens (including phenoxy) is 1. The molecule has 0 radical (unpaired) electrons. The minimum atomic E-state index is -2.91. The van der Waals surface area contributed by atoms with Crippen LogP contribution in [-0.2, 0) is 12.6 Å². The molecule has 0 saturated carbocycles. The molecule has 182 valence electrons. The number of benzene rings is 4. The van der Waals surface area contributed by atoms with Crippen molar-refractivity contribution in [1.29, 1.82) is 0 Å². The Morgan fingerprint density at radius 2 is 1.17 bits per heavy atom. The van der Waals surface area contributed by atoms with Gasteiger partial charge < -0.3 is 0 Å². The molecule has 0 N–H and O–H groups in total. The van der Waals surface area contributed by atoms with E-state index in [1.807, 2.05) is 12.1 Å². The van der Waals surface area contributed by atoms with Crippen molar-refractivity contribution in [2.75, 3.05) is 19.9 Å². The second-order valence-corrected chi connectivity index (χ2v) is 15.0. The zero-order valence-electron chi connectivity index (χ0n) is 20.9. The molecule has 35 heavy (non-hydrogen) atoms. The summed E-state index contributed by atoms with van der Waals surface area (Å²) in [4.78, 5) is 0. The van der Waals surface area contributed by atoms with Crippen LogP contribution in [0.25, 0.3) is 0 Å². The van der Waals surface area contributed by atoms with E-state index in [4.69, 9.17) is 4.74 Å². The maximum absolute atomic E-state index is 12.7. The van der Waals surface area contributed by atoms with Crippen molar-refractivity contribution in [2.45, 2.75) is 32.3 Å². The van der Waals surface area contributed by atoms with Gasteiger partial charge in [-0.3, -0.25) is 0 Å². The molecular formula is C32H36FOP. The van der Waals surface area contributed by atoms with E-state index < -0.39 is 13.3 Å². The first-order chi connectivity index (χ1) is 17.1. The van der Waals surface area contributed by atoms with Crippen LogP contribution in [0, 0.1) is 0 Å². The van der Waals surface area contributed by atoms with Gasteiger partial charge in [-0.25, -0.2) is 0 Å². The van der Waals surface area contributed by atoms with E-state index in [2.05, 4.69) is 111 Å². The van der Waals surface area contributed by atoms with Crippen LogP contribution in [0.2, 0.25) is 0 Å². The van der Waals surface area contributed by atoms with E-state index in [1.54, 1.807) is 0 Å². The topological polar surface area (TPSA) is 9.23 Å². The van der Waals surface area contributed by atoms with E-state index in [0.29, 0.717) is 5.75 Å². The van der Waals surface area contributed by atoms with Gasteiger partial charge in [0.2, 0.25) is 0 Å². The zero-order chi connectivity index (χ0) is 24.6. The van der Waals surface area contributed by atoms with E-state index in [1.165, 1.54) is 39.9 Å². The van der Waals surface area contributed by atoms with Crippen LogP contribution < -0.4 is 20.7 Å². The molecule has 0 aliphatic rings. The first-order valence-electron chi connectivity index (χ1n) is 12.6. The standard InChI is InChI=1S/C32H36FOP/c1-3-4-11-27-16-18-28(19-17-27)26-35(2,30-12-7-5-8-13-30,31-14-9-6-10-15-31)32-22-20-29(21-23-32)34-25-24-33/h5-10,12-23H,3-4,11,24-26H2,1-2H3. The molecule has 4 rings (SSSR count). The summed E-state index contributed by atoms with van der Waals surface area (Å²) in [5, 5.41) is 4.02. The third-order valence-corrected chi connectivity index (χ3v) is 13.5. The predicted molar refractivity (Wildman–Crippen MR) is 151 cm³/mol. The summed E-state index contributed by atoms with van der Waals surface area (Å²) < 4.78 is 18.2. The summed E-state index contributed by atoms with van der Waals surface area (Å²) in [6.45, 7) is 1.40. The number of unbranched alkanes of at least 4 members (excludes halogenated alkanes) is 1. The molecule has 0 aliphatic carbocycles. The first-order valence-corrected chi connectivity index (χ1v) is 15.4. The van der Waals surface area contributed by atoms with E-state index >= 15 is 0 Å². The molecule has 0 heterocycles. The van der Waals surface area contributed by atoms with Gasteiger partial charge in [0.05, 0.1) is 0 Å². The number of hydrogen-bond donors (Lipinski definition) is 0. The van der Waals surface area contributed by atoms with Crippen LogP contribution in [-0.4, -0.2) is 19.9 Å². The molecule has 0 atom stereocenters. The molecule has 0 spiro atoms. The van der Waals surface area contributed by atoms with Gasteiger partial charge in [0.1, 0.15) is 0 Å². The number of hydrogen-bond acceptors (Lipinski definition) is 1. The number of aryl methyl sites for hydroxylation is 1. The summed E-state index contributed by atoms with van der Waals surface area (Å²) >= 11 is 0. The van der Waals surface area contributed by atoms with Crippen molar-refractivity contribution in [3.8, 4) is 5.75 Å². The molecule has 0 aromatic heterocycles. The molecule has 1 nitrogen and oxygen atoms in total. The fraction of sp³-hybridized carbons (Fsp3) is 0.250. The van der Waals surface area contributed by atoms with Crippen molar-refractivity contribution < 1.29 is 9.13 Å². The number of halogens is 1. The van der Waals surface area contributed by atoms with Gasteiger partial charge in [-0.1, -0.05) is 0 Å². The summed E-state index contributed by atoms with van der Waals surface area (Å²) in [6.07, 6.45) is 4.49. The Morgan fingerprint density at radius 3 is 1.69 bits per heavy atom. The average molecular weight is 487 g/mol. The van der Waals surface area contributed by atoms with Crippen LogP contribution in [0.5, 0.6) is 5.75 Å². The Balaban J connectivity index is 1.89. The van der Waals surface area contributed by atoms with Crippen LogP contribution in [0.1, 0.15) is 30.9 Å². The van der Waals surface area contributed by atoms with E-state index in [9.17, 15) is 4.39 Å². The third-order valence-electron chi connectivity index (χ3n) is 7.21. The molecule has 0 saturated heterocycles. The van der Waals surface area contributed by atoms with E-state index in [-0.39, 0.29) is 6.61 Å². The Morgan fingerprint density at radius 1 is 0.657 bits per heavy atom. The Labute approximate surface area is 209 Å². The fourth-order valence-electron chi connectivity index (χ4n) is 5.14. The van der Waals surface area contributed by atoms with Gasteiger partial charge in [0, 0.05) is 0 Å². The van der Waals surface area contributed by atoms with Crippen molar-refractivity contribution >= 4 is 22.5 Å². The van der Waals surface area contributed by atoms with Crippen molar-refractivity contribution in [3.05, 3.63) is 120 Å². The molecule has 0 unspecified atom stereocenters. The summed E-state index contributed by atoms with van der Waals surface area (Å²) in [7, 11) is 0. The zero-order valence-corrected chi connectivity index (χ0v) is 21.8. The molecule has 0 bridgehead atoms. The third kappa shape index (κ3) is 5.19. The SMILES string of the molecule is CCCCc1ccc(CP(C)(c2ccccc2)(c2ccccc2)c2ccc(OCCF)cc2)cc1. The second kappa shape index (κ2) is 11.2. The number of rotatable bonds is 11. The van der Waals surface area contributed by atoms with Crippen LogP contribution in [0.15, 0.2) is 109 Å². The van der Waals surface area contributed by atoms with E-state index in [0.717, 1.165) is 12.6 Å². The van der Waals surface area contributed by atoms with Gasteiger partial charge in [-0.2, -0.15) is 0 Å². The van der Waals surface area contributed by atoms with Gasteiger partial charge in [0.25, 0.3) is 0 Å². The molecule has 0 amide bonds. The van der Waals surface area contributed by atoms with Crippen LogP contribution >= 0.6 is 6.60 Å². The predicted octanol–water partition coefficient (Wildman–Crippen LogP) is 7.04. The summed E-state index contributed by atoms with van der Waals surface area (Å²) in [6, 6.07) is 39.5. The molecule has 0 aliphatic heterocycles. The second-order valence-electron chi connectivity index (χ2n) is 9.58. The Bertz CT molecular complexity index is 1150. The number of alkyl halides is 1. The fourth-order valence-corrected chi connectivity index (χ4v) is 10.6. The minimum absolute atomic E-state index is 0.0802. The maximum atomic E-state index is 12.7. The van der Waals surface area contributed by atoms with Crippen molar-refractivity contribution in [2.24, 2.45) is 0 Å². The average Bonchev–Trinajstić information content (AvgIpc) is 2.93. The van der Waals surface area contributed by atoms with Gasteiger partial charge >= 0.3 is 210 Å².